The molecule has 0 unspecified atom stereocenters. The van der Waals surface area contributed by atoms with Gasteiger partial charge in [0.05, 0.1) is 25.3 Å². The third-order valence-electron chi connectivity index (χ3n) is 2.07. The van der Waals surface area contributed by atoms with Crippen LogP contribution in [0.4, 0.5) is 0 Å². The Balaban J connectivity index is 2.63. The lowest BCUT2D eigenvalue weighted by molar-refractivity contribution is 0.124. The van der Waals surface area contributed by atoms with Gasteiger partial charge in [0.25, 0.3) is 0 Å². The van der Waals surface area contributed by atoms with Crippen molar-refractivity contribution in [3.8, 4) is 5.75 Å². The SMILES string of the molecule is CNCCOCc1cc(Cl)c(OC)cc1Cl. The second kappa shape index (κ2) is 6.97. The maximum Gasteiger partial charge on any atom is 0.138 e. The zero-order valence-electron chi connectivity index (χ0n) is 9.35. The highest BCUT2D eigenvalue weighted by Crippen LogP contribution is 2.31. The third-order valence-corrected chi connectivity index (χ3v) is 2.72. The standard InChI is InChI=1S/C11H15Cl2NO2/c1-14-3-4-16-7-8-5-10(13)11(15-2)6-9(8)12/h5-6,14H,3-4,7H2,1-2H3. The van der Waals surface area contributed by atoms with Crippen LogP contribution in [0.2, 0.25) is 10.0 Å². The molecule has 0 spiro atoms. The van der Waals surface area contributed by atoms with Gasteiger partial charge in [-0.05, 0) is 18.7 Å². The molecule has 0 aromatic heterocycles. The van der Waals surface area contributed by atoms with Gasteiger partial charge in [-0.15, -0.1) is 0 Å². The molecule has 0 aliphatic heterocycles. The molecule has 90 valence electrons. The van der Waals surface area contributed by atoms with Gasteiger partial charge in [-0.1, -0.05) is 23.2 Å². The molecule has 0 saturated carbocycles. The van der Waals surface area contributed by atoms with Crippen LogP contribution in [0.3, 0.4) is 0 Å². The van der Waals surface area contributed by atoms with Gasteiger partial charge in [0.15, 0.2) is 0 Å². The van der Waals surface area contributed by atoms with Gasteiger partial charge in [0.1, 0.15) is 5.75 Å². The summed E-state index contributed by atoms with van der Waals surface area (Å²) in [5, 5.41) is 4.14. The van der Waals surface area contributed by atoms with Crippen molar-refractivity contribution in [1.29, 1.82) is 0 Å². The van der Waals surface area contributed by atoms with Crippen molar-refractivity contribution in [1.82, 2.24) is 5.32 Å². The Labute approximate surface area is 106 Å². The van der Waals surface area contributed by atoms with E-state index in [1.165, 1.54) is 0 Å². The zero-order valence-corrected chi connectivity index (χ0v) is 10.9. The molecule has 1 aromatic carbocycles. The summed E-state index contributed by atoms with van der Waals surface area (Å²) in [4.78, 5) is 0. The van der Waals surface area contributed by atoms with Gasteiger partial charge in [0.2, 0.25) is 0 Å². The number of hydrogen-bond acceptors (Lipinski definition) is 3. The van der Waals surface area contributed by atoms with E-state index in [2.05, 4.69) is 5.32 Å². The summed E-state index contributed by atoms with van der Waals surface area (Å²) in [6, 6.07) is 3.46. The van der Waals surface area contributed by atoms with Crippen LogP contribution >= 0.6 is 23.2 Å². The summed E-state index contributed by atoms with van der Waals surface area (Å²) in [5.74, 6) is 0.575. The first-order valence-electron chi connectivity index (χ1n) is 4.93. The average Bonchev–Trinajstić information content (AvgIpc) is 2.28. The predicted molar refractivity (Wildman–Crippen MR) is 66.6 cm³/mol. The highest BCUT2D eigenvalue weighted by atomic mass is 35.5. The van der Waals surface area contributed by atoms with Gasteiger partial charge in [-0.3, -0.25) is 0 Å². The largest absolute Gasteiger partial charge is 0.495 e. The molecule has 5 heteroatoms. The Bertz CT molecular complexity index is 345. The quantitative estimate of drug-likeness (QED) is 0.801. The topological polar surface area (TPSA) is 30.5 Å². The normalized spacial score (nSPS) is 10.5. The second-order valence-corrected chi connectivity index (χ2v) is 4.05. The molecule has 0 radical (unpaired) electrons. The molecule has 0 bridgehead atoms. The minimum Gasteiger partial charge on any atom is -0.495 e. The second-order valence-electron chi connectivity index (χ2n) is 3.23. The first kappa shape index (κ1) is 13.6. The summed E-state index contributed by atoms with van der Waals surface area (Å²) in [6.45, 7) is 1.89. The van der Waals surface area contributed by atoms with Crippen molar-refractivity contribution in [3.63, 3.8) is 0 Å². The van der Waals surface area contributed by atoms with Gasteiger partial charge < -0.3 is 14.8 Å². The van der Waals surface area contributed by atoms with Crippen LogP contribution in [0.25, 0.3) is 0 Å². The fourth-order valence-electron chi connectivity index (χ4n) is 1.19. The van der Waals surface area contributed by atoms with Crippen LogP contribution in [0, 0.1) is 0 Å². The van der Waals surface area contributed by atoms with Crippen molar-refractivity contribution in [2.45, 2.75) is 6.61 Å². The van der Waals surface area contributed by atoms with E-state index in [4.69, 9.17) is 32.7 Å². The van der Waals surface area contributed by atoms with Crippen LogP contribution < -0.4 is 10.1 Å². The van der Waals surface area contributed by atoms with E-state index in [9.17, 15) is 0 Å². The van der Waals surface area contributed by atoms with Crippen molar-refractivity contribution in [2.75, 3.05) is 27.3 Å². The smallest absolute Gasteiger partial charge is 0.138 e. The van der Waals surface area contributed by atoms with Crippen molar-refractivity contribution in [3.05, 3.63) is 27.7 Å². The minimum absolute atomic E-state index is 0.449. The number of likely N-dealkylation sites (N-methyl/N-ethyl adjacent to an activating group) is 1. The Morgan fingerprint density at radius 2 is 2.00 bits per heavy atom. The van der Waals surface area contributed by atoms with E-state index in [0.29, 0.717) is 29.0 Å². The molecule has 0 atom stereocenters. The van der Waals surface area contributed by atoms with Gasteiger partial charge in [-0.2, -0.15) is 0 Å². The summed E-state index contributed by atoms with van der Waals surface area (Å²) in [6.07, 6.45) is 0. The monoisotopic (exact) mass is 263 g/mol. The van der Waals surface area contributed by atoms with E-state index in [-0.39, 0.29) is 0 Å². The maximum absolute atomic E-state index is 6.06. The molecule has 0 aliphatic carbocycles. The molecule has 16 heavy (non-hydrogen) atoms. The molecular weight excluding hydrogens is 249 g/mol. The van der Waals surface area contributed by atoms with Gasteiger partial charge >= 0.3 is 0 Å². The number of ether oxygens (including phenoxy) is 2. The molecule has 0 aliphatic rings. The molecule has 0 heterocycles. The number of halogens is 2. The van der Waals surface area contributed by atoms with Crippen LogP contribution in [-0.2, 0) is 11.3 Å². The van der Waals surface area contributed by atoms with E-state index >= 15 is 0 Å². The van der Waals surface area contributed by atoms with E-state index in [1.807, 2.05) is 7.05 Å². The number of rotatable bonds is 6. The summed E-state index contributed by atoms with van der Waals surface area (Å²) < 4.78 is 10.5. The predicted octanol–water partition coefficient (Wildman–Crippen LogP) is 2.74. The molecule has 1 aromatic rings. The Hall–Kier alpha value is -0.480. The summed E-state index contributed by atoms with van der Waals surface area (Å²) in [5.41, 5.74) is 0.864. The number of hydrogen-bond donors (Lipinski definition) is 1. The Morgan fingerprint density at radius 1 is 1.25 bits per heavy atom. The first-order chi connectivity index (χ1) is 7.69. The number of nitrogens with one attached hydrogen (secondary N) is 1. The first-order valence-corrected chi connectivity index (χ1v) is 5.69. The van der Waals surface area contributed by atoms with Crippen molar-refractivity contribution >= 4 is 23.2 Å². The van der Waals surface area contributed by atoms with Gasteiger partial charge in [0, 0.05) is 17.6 Å². The average molecular weight is 264 g/mol. The van der Waals surface area contributed by atoms with Crippen molar-refractivity contribution in [2.24, 2.45) is 0 Å². The highest BCUT2D eigenvalue weighted by Gasteiger charge is 2.07. The Kier molecular flexibility index (Phi) is 5.91. The molecule has 1 N–H and O–H groups in total. The van der Waals surface area contributed by atoms with E-state index < -0.39 is 0 Å². The van der Waals surface area contributed by atoms with E-state index in [1.54, 1.807) is 19.2 Å². The van der Waals surface area contributed by atoms with Crippen LogP contribution in [0.5, 0.6) is 5.75 Å². The fourth-order valence-corrected chi connectivity index (χ4v) is 1.66. The van der Waals surface area contributed by atoms with Crippen LogP contribution in [0.1, 0.15) is 5.56 Å². The molecule has 0 saturated heterocycles. The fraction of sp³-hybridized carbons (Fsp3) is 0.455. The minimum atomic E-state index is 0.449. The highest BCUT2D eigenvalue weighted by molar-refractivity contribution is 6.34. The lowest BCUT2D eigenvalue weighted by Gasteiger charge is -2.09. The molecule has 0 amide bonds. The van der Waals surface area contributed by atoms with Crippen LogP contribution in [0.15, 0.2) is 12.1 Å². The van der Waals surface area contributed by atoms with Gasteiger partial charge in [-0.25, -0.2) is 0 Å². The molecular formula is C11H15Cl2NO2. The molecule has 0 fully saturated rings. The van der Waals surface area contributed by atoms with Crippen molar-refractivity contribution < 1.29 is 9.47 Å². The maximum atomic E-state index is 6.06. The summed E-state index contributed by atoms with van der Waals surface area (Å²) in [7, 11) is 3.43. The number of benzene rings is 1. The van der Waals surface area contributed by atoms with E-state index in [0.717, 1.165) is 12.1 Å². The van der Waals surface area contributed by atoms with Crippen LogP contribution in [-0.4, -0.2) is 27.3 Å². The third kappa shape index (κ3) is 3.83. The lowest BCUT2D eigenvalue weighted by Crippen LogP contribution is -2.14. The Morgan fingerprint density at radius 3 is 2.62 bits per heavy atom. The molecule has 3 nitrogen and oxygen atoms in total. The summed E-state index contributed by atoms with van der Waals surface area (Å²) >= 11 is 12.0. The lowest BCUT2D eigenvalue weighted by atomic mass is 10.2. The zero-order chi connectivity index (χ0) is 12.0. The molecule has 1 rings (SSSR count). The number of methoxy groups -OCH3 is 1.